The number of ether oxygens (including phenoxy) is 1. The molecule has 1 N–H and O–H groups in total. The molecule has 2 aliphatic heterocycles. The number of thiocarbonyl (C=S) groups is 1. The molecule has 0 aromatic rings. The van der Waals surface area contributed by atoms with Crippen molar-refractivity contribution in [3.8, 4) is 0 Å². The highest BCUT2D eigenvalue weighted by molar-refractivity contribution is 7.80. The van der Waals surface area contributed by atoms with Crippen LogP contribution in [-0.4, -0.2) is 58.3 Å². The number of cyclic esters (lactones) is 1. The molecule has 6 heteroatoms. The number of piperidine rings is 1. The van der Waals surface area contributed by atoms with Crippen LogP contribution in [-0.2, 0) is 4.74 Å². The minimum absolute atomic E-state index is 0.108. The highest BCUT2D eigenvalue weighted by Gasteiger charge is 2.51. The molecule has 1 amide bonds. The van der Waals surface area contributed by atoms with Crippen molar-refractivity contribution in [2.24, 2.45) is 23.7 Å². The molecule has 6 rings (SSSR count). The van der Waals surface area contributed by atoms with E-state index in [9.17, 15) is 4.79 Å². The summed E-state index contributed by atoms with van der Waals surface area (Å²) in [6, 6.07) is 0.531. The van der Waals surface area contributed by atoms with Crippen LogP contribution in [0, 0.1) is 23.7 Å². The minimum atomic E-state index is -0.108. The van der Waals surface area contributed by atoms with Gasteiger partial charge >= 0.3 is 6.09 Å². The Hall–Kier alpha value is -1.04. The first kappa shape index (κ1) is 19.9. The van der Waals surface area contributed by atoms with E-state index in [-0.39, 0.29) is 17.7 Å². The van der Waals surface area contributed by atoms with Gasteiger partial charge in [-0.2, -0.15) is 0 Å². The molecule has 0 radical (unpaired) electrons. The maximum absolute atomic E-state index is 12.4. The zero-order valence-corrected chi connectivity index (χ0v) is 18.9. The smallest absolute Gasteiger partial charge is 0.410 e. The van der Waals surface area contributed by atoms with Crippen LogP contribution in [0.5, 0.6) is 0 Å². The average Bonchev–Trinajstić information content (AvgIpc) is 3.07. The van der Waals surface area contributed by atoms with Gasteiger partial charge in [0, 0.05) is 24.7 Å². The van der Waals surface area contributed by atoms with Gasteiger partial charge in [0.15, 0.2) is 5.11 Å². The van der Waals surface area contributed by atoms with Crippen LogP contribution in [0.2, 0.25) is 0 Å². The van der Waals surface area contributed by atoms with Crippen molar-refractivity contribution in [3.05, 3.63) is 0 Å². The maximum atomic E-state index is 12.4. The standard InChI is InChI=1S/C23H37N3O2S/c1-3-15(2)20-14-28-22(27)26(20)19-4-6-25(7-5-19)21(29)24-23-11-16-8-17(12-23)10-18(9-16)13-23/h15-20H,3-14H2,1-2H3,(H,24,29). The Morgan fingerprint density at radius 3 is 2.31 bits per heavy atom. The first-order valence-electron chi connectivity index (χ1n) is 12.0. The van der Waals surface area contributed by atoms with Gasteiger partial charge in [-0.1, -0.05) is 20.3 Å². The Balaban J connectivity index is 1.18. The van der Waals surface area contributed by atoms with E-state index in [1.807, 2.05) is 0 Å². The van der Waals surface area contributed by atoms with Gasteiger partial charge in [-0.05, 0) is 87.3 Å². The summed E-state index contributed by atoms with van der Waals surface area (Å²) in [5, 5.41) is 4.84. The molecular weight excluding hydrogens is 382 g/mol. The lowest BCUT2D eigenvalue weighted by Crippen LogP contribution is -2.62. The zero-order chi connectivity index (χ0) is 20.2. The Morgan fingerprint density at radius 2 is 1.76 bits per heavy atom. The largest absolute Gasteiger partial charge is 0.447 e. The van der Waals surface area contributed by atoms with Crippen LogP contribution in [0.4, 0.5) is 4.79 Å². The number of rotatable bonds is 4. The number of nitrogens with one attached hydrogen (secondary N) is 1. The fourth-order valence-corrected chi connectivity index (χ4v) is 7.89. The van der Waals surface area contributed by atoms with Gasteiger partial charge in [-0.25, -0.2) is 4.79 Å². The van der Waals surface area contributed by atoms with Gasteiger partial charge in [0.05, 0.1) is 6.04 Å². The molecule has 6 fully saturated rings. The SMILES string of the molecule is CCC(C)C1COC(=O)N1C1CCN(C(=S)NC23CC4CC(CC(C4)C2)C3)CC1. The quantitative estimate of drug-likeness (QED) is 0.693. The van der Waals surface area contributed by atoms with E-state index in [1.54, 1.807) is 0 Å². The third-order valence-corrected chi connectivity index (χ3v) is 9.16. The van der Waals surface area contributed by atoms with Crippen LogP contribution in [0.1, 0.15) is 71.6 Å². The van der Waals surface area contributed by atoms with Crippen LogP contribution < -0.4 is 5.32 Å². The first-order valence-corrected chi connectivity index (χ1v) is 12.4. The second-order valence-corrected chi connectivity index (χ2v) is 11.2. The summed E-state index contributed by atoms with van der Waals surface area (Å²) in [6.07, 6.45) is 11.3. The van der Waals surface area contributed by atoms with E-state index < -0.39 is 0 Å². The molecule has 29 heavy (non-hydrogen) atoms. The summed E-state index contributed by atoms with van der Waals surface area (Å²) >= 11 is 5.90. The molecule has 0 aromatic carbocycles. The lowest BCUT2D eigenvalue weighted by Gasteiger charge is -2.57. The van der Waals surface area contributed by atoms with Gasteiger partial charge < -0.3 is 15.0 Å². The van der Waals surface area contributed by atoms with Gasteiger partial charge in [0.1, 0.15) is 6.61 Å². The summed E-state index contributed by atoms with van der Waals surface area (Å²) in [4.78, 5) is 16.8. The Bertz CT molecular complexity index is 625. The Morgan fingerprint density at radius 1 is 1.17 bits per heavy atom. The van der Waals surface area contributed by atoms with Crippen molar-refractivity contribution in [3.63, 3.8) is 0 Å². The molecule has 5 nitrogen and oxygen atoms in total. The number of hydrogen-bond acceptors (Lipinski definition) is 3. The van der Waals surface area contributed by atoms with E-state index in [0.29, 0.717) is 18.6 Å². The third-order valence-electron chi connectivity index (χ3n) is 8.80. The van der Waals surface area contributed by atoms with Gasteiger partial charge in [0.2, 0.25) is 0 Å². The normalized spacial score (nSPS) is 40.3. The molecule has 4 aliphatic carbocycles. The highest BCUT2D eigenvalue weighted by Crippen LogP contribution is 2.55. The van der Waals surface area contributed by atoms with Gasteiger partial charge in [0.25, 0.3) is 0 Å². The summed E-state index contributed by atoms with van der Waals surface area (Å²) in [5.41, 5.74) is 0.281. The van der Waals surface area contributed by atoms with Gasteiger partial charge in [-0.15, -0.1) is 0 Å². The van der Waals surface area contributed by atoms with Crippen LogP contribution in [0.15, 0.2) is 0 Å². The van der Waals surface area contributed by atoms with Crippen molar-refractivity contribution in [1.82, 2.24) is 15.1 Å². The van der Waals surface area contributed by atoms with E-state index in [0.717, 1.165) is 55.2 Å². The molecule has 4 bridgehead atoms. The fraction of sp³-hybridized carbons (Fsp3) is 0.913. The molecule has 162 valence electrons. The second kappa shape index (κ2) is 7.58. The molecule has 2 unspecified atom stereocenters. The van der Waals surface area contributed by atoms with Crippen molar-refractivity contribution in [2.45, 2.75) is 89.3 Å². The number of carbonyl (C=O) groups is 1. The van der Waals surface area contributed by atoms with Crippen LogP contribution in [0.3, 0.4) is 0 Å². The average molecular weight is 420 g/mol. The predicted octanol–water partition coefficient (Wildman–Crippen LogP) is 4.16. The summed E-state index contributed by atoms with van der Waals surface area (Å²) in [5.74, 6) is 3.28. The van der Waals surface area contributed by atoms with E-state index >= 15 is 0 Å². The zero-order valence-electron chi connectivity index (χ0n) is 18.1. The number of carbonyl (C=O) groups excluding carboxylic acids is 1. The van der Waals surface area contributed by atoms with Crippen molar-refractivity contribution >= 4 is 23.4 Å². The highest BCUT2D eigenvalue weighted by atomic mass is 32.1. The van der Waals surface area contributed by atoms with E-state index in [4.69, 9.17) is 17.0 Å². The fourth-order valence-electron chi connectivity index (χ4n) is 7.49. The van der Waals surface area contributed by atoms with Crippen molar-refractivity contribution in [2.75, 3.05) is 19.7 Å². The molecule has 4 saturated carbocycles. The molecule has 2 atom stereocenters. The molecule has 2 heterocycles. The second-order valence-electron chi connectivity index (χ2n) is 10.8. The number of amides is 1. The Kier molecular flexibility index (Phi) is 5.20. The molecular formula is C23H37N3O2S. The summed E-state index contributed by atoms with van der Waals surface area (Å²) in [6.45, 7) is 6.88. The lowest BCUT2D eigenvalue weighted by molar-refractivity contribution is -0.0115. The third kappa shape index (κ3) is 3.64. The number of nitrogens with zero attached hydrogens (tertiary/aromatic N) is 2. The molecule has 0 spiro atoms. The van der Waals surface area contributed by atoms with E-state index in [2.05, 4.69) is 29.0 Å². The summed E-state index contributed by atoms with van der Waals surface area (Å²) in [7, 11) is 0. The number of likely N-dealkylation sites (tertiary alicyclic amines) is 1. The maximum Gasteiger partial charge on any atom is 0.410 e. The minimum Gasteiger partial charge on any atom is -0.447 e. The molecule has 6 aliphatic rings. The van der Waals surface area contributed by atoms with Crippen molar-refractivity contribution < 1.29 is 9.53 Å². The number of hydrogen-bond donors (Lipinski definition) is 1. The van der Waals surface area contributed by atoms with Gasteiger partial charge in [-0.3, -0.25) is 4.90 Å². The van der Waals surface area contributed by atoms with Crippen molar-refractivity contribution in [1.29, 1.82) is 0 Å². The topological polar surface area (TPSA) is 44.8 Å². The Labute approximate surface area is 180 Å². The molecule has 2 saturated heterocycles. The monoisotopic (exact) mass is 419 g/mol. The van der Waals surface area contributed by atoms with Crippen LogP contribution in [0.25, 0.3) is 0 Å². The first-order chi connectivity index (χ1) is 14.0. The summed E-state index contributed by atoms with van der Waals surface area (Å²) < 4.78 is 5.42. The van der Waals surface area contributed by atoms with Crippen LogP contribution >= 0.6 is 12.2 Å². The lowest BCUT2D eigenvalue weighted by atomic mass is 9.53. The molecule has 0 aromatic heterocycles. The predicted molar refractivity (Wildman–Crippen MR) is 118 cm³/mol. The van der Waals surface area contributed by atoms with E-state index in [1.165, 1.54) is 38.5 Å².